The van der Waals surface area contributed by atoms with Crippen molar-refractivity contribution in [2.24, 2.45) is 0 Å². The zero-order chi connectivity index (χ0) is 14.8. The molecule has 0 saturated heterocycles. The summed E-state index contributed by atoms with van der Waals surface area (Å²) in [5.41, 5.74) is 1.25. The highest BCUT2D eigenvalue weighted by Crippen LogP contribution is 2.30. The fourth-order valence-corrected chi connectivity index (χ4v) is 2.88. The molecule has 0 amide bonds. The number of rotatable bonds is 5. The Morgan fingerprint density at radius 3 is 2.81 bits per heavy atom. The molecule has 3 aromatic heterocycles. The predicted molar refractivity (Wildman–Crippen MR) is 75.1 cm³/mol. The van der Waals surface area contributed by atoms with Crippen molar-refractivity contribution in [2.75, 3.05) is 0 Å². The van der Waals surface area contributed by atoms with Crippen LogP contribution in [0.2, 0.25) is 0 Å². The van der Waals surface area contributed by atoms with Crippen LogP contribution in [-0.2, 0) is 13.0 Å². The van der Waals surface area contributed by atoms with Gasteiger partial charge in [0.05, 0.1) is 4.88 Å². The van der Waals surface area contributed by atoms with Crippen LogP contribution in [0.15, 0.2) is 15.0 Å². The molecule has 0 atom stereocenters. The minimum Gasteiger partial charge on any atom is -0.439 e. The van der Waals surface area contributed by atoms with Crippen LogP contribution in [0.5, 0.6) is 6.08 Å². The number of thiophene rings is 1. The van der Waals surface area contributed by atoms with E-state index >= 15 is 0 Å². The van der Waals surface area contributed by atoms with Gasteiger partial charge in [0.1, 0.15) is 0 Å². The highest BCUT2D eigenvalue weighted by molar-refractivity contribution is 7.15. The van der Waals surface area contributed by atoms with E-state index in [0.29, 0.717) is 17.6 Å². The third-order valence-corrected chi connectivity index (χ3v) is 4.22. The van der Waals surface area contributed by atoms with Crippen molar-refractivity contribution < 1.29 is 13.7 Å². The molecule has 0 aliphatic carbocycles. The van der Waals surface area contributed by atoms with Crippen LogP contribution in [0.25, 0.3) is 10.8 Å². The monoisotopic (exact) mass is 306 g/mol. The molecule has 0 aromatic carbocycles. The van der Waals surface area contributed by atoms with Crippen molar-refractivity contribution in [3.05, 3.63) is 28.2 Å². The Bertz CT molecular complexity index is 746. The second kappa shape index (κ2) is 5.65. The van der Waals surface area contributed by atoms with Gasteiger partial charge < -0.3 is 9.15 Å². The third-order valence-electron chi connectivity index (χ3n) is 2.85. The Morgan fingerprint density at radius 2 is 2.14 bits per heavy atom. The lowest BCUT2D eigenvalue weighted by Crippen LogP contribution is -1.95. The zero-order valence-corrected chi connectivity index (χ0v) is 12.7. The van der Waals surface area contributed by atoms with Crippen LogP contribution < -0.4 is 4.74 Å². The SMILES string of the molecule is CCc1sc(-c2nnc(COc3nc(C)no3)o2)cc1C. The largest absolute Gasteiger partial charge is 0.439 e. The van der Waals surface area contributed by atoms with Crippen molar-refractivity contribution in [2.45, 2.75) is 33.8 Å². The Labute approximate surface area is 125 Å². The van der Waals surface area contributed by atoms with Crippen molar-refractivity contribution in [1.29, 1.82) is 0 Å². The topological polar surface area (TPSA) is 87.1 Å². The summed E-state index contributed by atoms with van der Waals surface area (Å²) >= 11 is 1.67. The highest BCUT2D eigenvalue weighted by Gasteiger charge is 2.14. The smallest absolute Gasteiger partial charge is 0.417 e. The van der Waals surface area contributed by atoms with Gasteiger partial charge in [-0.05, 0) is 31.9 Å². The van der Waals surface area contributed by atoms with E-state index in [2.05, 4.69) is 40.3 Å². The lowest BCUT2D eigenvalue weighted by Gasteiger charge is -1.94. The molecule has 8 heteroatoms. The zero-order valence-electron chi connectivity index (χ0n) is 11.9. The van der Waals surface area contributed by atoms with Crippen molar-refractivity contribution in [1.82, 2.24) is 20.3 Å². The van der Waals surface area contributed by atoms with E-state index in [4.69, 9.17) is 13.7 Å². The van der Waals surface area contributed by atoms with E-state index in [9.17, 15) is 0 Å². The predicted octanol–water partition coefficient (Wildman–Crippen LogP) is 2.94. The van der Waals surface area contributed by atoms with Crippen LogP contribution in [0, 0.1) is 13.8 Å². The number of ether oxygens (including phenoxy) is 1. The Hall–Kier alpha value is -2.22. The maximum Gasteiger partial charge on any atom is 0.417 e. The second-order valence-corrected chi connectivity index (χ2v) is 5.60. The maximum atomic E-state index is 5.58. The fraction of sp³-hybridized carbons (Fsp3) is 0.385. The number of aryl methyl sites for hydroxylation is 3. The second-order valence-electron chi connectivity index (χ2n) is 4.47. The highest BCUT2D eigenvalue weighted by atomic mass is 32.1. The summed E-state index contributed by atoms with van der Waals surface area (Å²) in [6.07, 6.45) is 1.09. The molecule has 21 heavy (non-hydrogen) atoms. The van der Waals surface area contributed by atoms with Crippen LogP contribution in [0.1, 0.15) is 29.1 Å². The average molecular weight is 306 g/mol. The first kappa shape index (κ1) is 13.7. The van der Waals surface area contributed by atoms with Crippen LogP contribution in [-0.4, -0.2) is 20.3 Å². The molecule has 0 spiro atoms. The van der Waals surface area contributed by atoms with Gasteiger partial charge >= 0.3 is 6.08 Å². The van der Waals surface area contributed by atoms with Gasteiger partial charge in [0.25, 0.3) is 11.8 Å². The maximum absolute atomic E-state index is 5.58. The van der Waals surface area contributed by atoms with Crippen LogP contribution in [0.3, 0.4) is 0 Å². The van der Waals surface area contributed by atoms with Gasteiger partial charge in [0.2, 0.25) is 0 Å². The van der Waals surface area contributed by atoms with Crippen LogP contribution in [0.4, 0.5) is 0 Å². The molecule has 0 bridgehead atoms. The molecule has 0 N–H and O–H groups in total. The molecule has 7 nitrogen and oxygen atoms in total. The van der Waals surface area contributed by atoms with Crippen molar-refractivity contribution in [3.63, 3.8) is 0 Å². The van der Waals surface area contributed by atoms with Gasteiger partial charge in [-0.3, -0.25) is 4.52 Å². The molecule has 3 rings (SSSR count). The normalized spacial score (nSPS) is 11.0. The molecule has 0 fully saturated rings. The standard InChI is InChI=1S/C13H14N4O3S/c1-4-9-7(2)5-10(21-9)12-16-15-11(19-12)6-18-13-14-8(3)17-20-13/h5H,4,6H2,1-3H3. The first-order chi connectivity index (χ1) is 10.2. The van der Waals surface area contributed by atoms with Gasteiger partial charge in [-0.1, -0.05) is 12.1 Å². The fourth-order valence-electron chi connectivity index (χ4n) is 1.85. The summed E-state index contributed by atoms with van der Waals surface area (Å²) in [6.45, 7) is 6.02. The van der Waals surface area contributed by atoms with E-state index in [0.717, 1.165) is 11.3 Å². The van der Waals surface area contributed by atoms with E-state index in [1.807, 2.05) is 0 Å². The van der Waals surface area contributed by atoms with Gasteiger partial charge in [0.15, 0.2) is 12.4 Å². The summed E-state index contributed by atoms with van der Waals surface area (Å²) < 4.78 is 15.7. The summed E-state index contributed by atoms with van der Waals surface area (Å²) in [6, 6.07) is 2.06. The number of hydrogen-bond donors (Lipinski definition) is 0. The van der Waals surface area contributed by atoms with Gasteiger partial charge in [-0.25, -0.2) is 0 Å². The molecule has 3 heterocycles. The number of hydrogen-bond acceptors (Lipinski definition) is 8. The van der Waals surface area contributed by atoms with E-state index in [1.165, 1.54) is 10.4 Å². The number of nitrogens with zero attached hydrogens (tertiary/aromatic N) is 4. The summed E-state index contributed by atoms with van der Waals surface area (Å²) in [5, 5.41) is 11.6. The first-order valence-electron chi connectivity index (χ1n) is 6.51. The Balaban J connectivity index is 1.70. The number of aromatic nitrogens is 4. The molecular weight excluding hydrogens is 292 g/mol. The molecule has 3 aromatic rings. The lowest BCUT2D eigenvalue weighted by atomic mass is 10.2. The Morgan fingerprint density at radius 1 is 1.29 bits per heavy atom. The minimum atomic E-state index is 0.0903. The molecule has 0 aliphatic rings. The minimum absolute atomic E-state index is 0.0903. The molecule has 0 saturated carbocycles. The van der Waals surface area contributed by atoms with Crippen LogP contribution >= 0.6 is 11.3 Å². The summed E-state index contributed by atoms with van der Waals surface area (Å²) in [7, 11) is 0. The summed E-state index contributed by atoms with van der Waals surface area (Å²) in [5.74, 6) is 1.38. The molecule has 0 radical (unpaired) electrons. The van der Waals surface area contributed by atoms with E-state index < -0.39 is 0 Å². The third kappa shape index (κ3) is 2.94. The van der Waals surface area contributed by atoms with E-state index in [-0.39, 0.29) is 12.7 Å². The van der Waals surface area contributed by atoms with Crippen molar-refractivity contribution in [3.8, 4) is 16.8 Å². The lowest BCUT2D eigenvalue weighted by molar-refractivity contribution is 0.177. The van der Waals surface area contributed by atoms with Crippen molar-refractivity contribution >= 4 is 11.3 Å². The van der Waals surface area contributed by atoms with Gasteiger partial charge in [-0.2, -0.15) is 4.98 Å². The molecule has 0 unspecified atom stereocenters. The Kier molecular flexibility index (Phi) is 3.70. The average Bonchev–Trinajstić information content (AvgIpc) is 3.16. The quantitative estimate of drug-likeness (QED) is 0.716. The van der Waals surface area contributed by atoms with E-state index in [1.54, 1.807) is 18.3 Å². The molecular formula is C13H14N4O3S. The summed E-state index contributed by atoms with van der Waals surface area (Å²) in [4.78, 5) is 6.22. The molecule has 110 valence electrons. The van der Waals surface area contributed by atoms with Gasteiger partial charge in [-0.15, -0.1) is 21.5 Å². The molecule has 0 aliphatic heterocycles. The van der Waals surface area contributed by atoms with Gasteiger partial charge in [0, 0.05) is 4.88 Å². The first-order valence-corrected chi connectivity index (χ1v) is 7.32.